The van der Waals surface area contributed by atoms with Crippen LogP contribution in [0.15, 0.2) is 146 Å². The van der Waals surface area contributed by atoms with Crippen LogP contribution in [-0.4, -0.2) is 65.3 Å². The van der Waals surface area contributed by atoms with Crippen LogP contribution in [0, 0.1) is 23.7 Å². The number of hydrogen-bond acceptors (Lipinski definition) is 12. The SMILES string of the molecule is CC1CCC(Oc2cc(O)c3cc2C(c2ccc(O)cc2)c2cc(c(OC4CCC(C)CC4)cc2O)C(c2ccc(O)cc2)c2cc(c(OC4CCC(C)CC4)cc2O)C(c2ccc(O)cc2)c2cc(c(OC4CCC(C)CC4)cc2O)C3c2ccc(O)cc2)CC1. The number of hydrogen-bond donors (Lipinski definition) is 8. The number of aromatic hydroxyl groups is 8. The minimum atomic E-state index is -0.878. The van der Waals surface area contributed by atoms with E-state index in [1.165, 1.54) is 0 Å². The summed E-state index contributed by atoms with van der Waals surface area (Å²) in [5.41, 5.74) is 6.92. The molecule has 0 aliphatic heterocycles. The third-order valence-electron chi connectivity index (χ3n) is 21.1. The molecule has 12 heteroatoms. The van der Waals surface area contributed by atoms with Crippen molar-refractivity contribution >= 4 is 0 Å². The Morgan fingerprint density at radius 2 is 0.402 bits per heavy atom. The zero-order valence-corrected chi connectivity index (χ0v) is 53.3. The Labute approximate surface area is 540 Å². The van der Waals surface area contributed by atoms with Crippen molar-refractivity contribution in [3.05, 3.63) is 212 Å². The summed E-state index contributed by atoms with van der Waals surface area (Å²) in [6.45, 7) is 9.03. The van der Waals surface area contributed by atoms with Crippen molar-refractivity contribution in [3.63, 3.8) is 0 Å². The van der Waals surface area contributed by atoms with Gasteiger partial charge in [0.25, 0.3) is 0 Å². The van der Waals surface area contributed by atoms with Gasteiger partial charge in [0.2, 0.25) is 0 Å². The fraction of sp³-hybridized carbons (Fsp3) is 0.400. The van der Waals surface area contributed by atoms with Crippen LogP contribution in [0.4, 0.5) is 0 Å². The fourth-order valence-electron chi connectivity index (χ4n) is 15.5. The van der Waals surface area contributed by atoms with Crippen LogP contribution >= 0.6 is 0 Å². The highest BCUT2D eigenvalue weighted by molar-refractivity contribution is 5.68. The molecule has 0 spiro atoms. The predicted molar refractivity (Wildman–Crippen MR) is 357 cm³/mol. The van der Waals surface area contributed by atoms with Crippen molar-refractivity contribution < 1.29 is 59.8 Å². The van der Waals surface area contributed by atoms with Crippen molar-refractivity contribution in [2.75, 3.05) is 0 Å². The molecule has 0 amide bonds. The van der Waals surface area contributed by atoms with Crippen molar-refractivity contribution in [2.24, 2.45) is 23.7 Å². The number of benzene rings is 8. The van der Waals surface area contributed by atoms with Gasteiger partial charge in [0.05, 0.1) is 24.4 Å². The van der Waals surface area contributed by atoms with Crippen molar-refractivity contribution in [2.45, 2.75) is 179 Å². The van der Waals surface area contributed by atoms with Gasteiger partial charge in [-0.1, -0.05) is 76.2 Å². The van der Waals surface area contributed by atoms with E-state index < -0.39 is 23.7 Å². The van der Waals surface area contributed by atoms with Crippen LogP contribution in [0.1, 0.15) is 221 Å². The highest BCUT2D eigenvalue weighted by Gasteiger charge is 2.39. The van der Waals surface area contributed by atoms with Gasteiger partial charge in [-0.15, -0.1) is 0 Å². The molecule has 8 aromatic carbocycles. The normalized spacial score (nSPS) is 25.7. The number of fused-ring (bicyclic) bond motifs is 8. The van der Waals surface area contributed by atoms with Gasteiger partial charge in [-0.2, -0.15) is 0 Å². The Hall–Kier alpha value is -8.64. The molecule has 5 aliphatic rings. The first-order chi connectivity index (χ1) is 44.5. The average Bonchev–Trinajstić information content (AvgIpc) is 0.811. The van der Waals surface area contributed by atoms with E-state index in [0.717, 1.165) is 103 Å². The van der Waals surface area contributed by atoms with Gasteiger partial charge < -0.3 is 59.8 Å². The summed E-state index contributed by atoms with van der Waals surface area (Å²) in [7, 11) is 0. The van der Waals surface area contributed by atoms with Crippen molar-refractivity contribution in [1.82, 2.24) is 0 Å². The maximum atomic E-state index is 13.3. The van der Waals surface area contributed by atoms with E-state index >= 15 is 0 Å². The molecule has 8 N–H and O–H groups in total. The molecule has 13 rings (SSSR count). The van der Waals surface area contributed by atoms with E-state index in [4.69, 9.17) is 18.9 Å². The number of rotatable bonds is 12. The Bertz CT molecular complexity index is 3360. The fourth-order valence-corrected chi connectivity index (χ4v) is 15.5. The molecule has 480 valence electrons. The summed E-state index contributed by atoms with van der Waals surface area (Å²) in [6.07, 6.45) is 13.1. The second kappa shape index (κ2) is 26.5. The summed E-state index contributed by atoms with van der Waals surface area (Å²) in [4.78, 5) is 0. The second-order valence-corrected chi connectivity index (χ2v) is 27.9. The summed E-state index contributed by atoms with van der Waals surface area (Å²) < 4.78 is 29.1. The van der Waals surface area contributed by atoms with Gasteiger partial charge in [0.15, 0.2) is 0 Å². The molecule has 4 saturated carbocycles. The zero-order chi connectivity index (χ0) is 63.9. The minimum absolute atomic E-state index is 0.0434. The van der Waals surface area contributed by atoms with Crippen LogP contribution in [0.2, 0.25) is 0 Å². The summed E-state index contributed by atoms with van der Waals surface area (Å²) in [6, 6.07) is 42.5. The molecule has 92 heavy (non-hydrogen) atoms. The largest absolute Gasteiger partial charge is 0.508 e. The Balaban J connectivity index is 1.18. The molecule has 0 heterocycles. The van der Waals surface area contributed by atoms with Crippen LogP contribution in [-0.2, 0) is 0 Å². The quantitative estimate of drug-likeness (QED) is 0.0577. The molecule has 0 aromatic heterocycles. The lowest BCUT2D eigenvalue weighted by molar-refractivity contribution is 0.133. The molecule has 5 aliphatic carbocycles. The van der Waals surface area contributed by atoms with Gasteiger partial charge in [0, 0.05) is 92.4 Å². The van der Waals surface area contributed by atoms with Crippen LogP contribution in [0.3, 0.4) is 0 Å². The first-order valence-electron chi connectivity index (χ1n) is 33.8. The van der Waals surface area contributed by atoms with Gasteiger partial charge >= 0.3 is 0 Å². The number of phenolic OH excluding ortho intramolecular Hbond substituents is 8. The highest BCUT2D eigenvalue weighted by Crippen LogP contribution is 2.56. The molecule has 12 nitrogen and oxygen atoms in total. The zero-order valence-electron chi connectivity index (χ0n) is 53.3. The lowest BCUT2D eigenvalue weighted by Gasteiger charge is -2.34. The molecule has 4 fully saturated rings. The third kappa shape index (κ3) is 13.2. The van der Waals surface area contributed by atoms with E-state index in [-0.39, 0.29) is 70.4 Å². The molecular weight excluding hydrogens is 1150 g/mol. The highest BCUT2D eigenvalue weighted by atomic mass is 16.5. The summed E-state index contributed by atoms with van der Waals surface area (Å²) in [5.74, 6) is -0.000712. The molecule has 8 bridgehead atoms. The maximum Gasteiger partial charge on any atom is 0.127 e. The van der Waals surface area contributed by atoms with Crippen molar-refractivity contribution in [3.8, 4) is 69.0 Å². The van der Waals surface area contributed by atoms with Gasteiger partial charge in [-0.3, -0.25) is 0 Å². The van der Waals surface area contributed by atoms with E-state index in [1.807, 2.05) is 72.8 Å². The van der Waals surface area contributed by atoms with E-state index in [2.05, 4.69) is 27.7 Å². The Morgan fingerprint density at radius 1 is 0.228 bits per heavy atom. The van der Waals surface area contributed by atoms with E-state index in [0.29, 0.717) is 113 Å². The topological polar surface area (TPSA) is 199 Å². The lowest BCUT2D eigenvalue weighted by atomic mass is 9.75. The first-order valence-corrected chi connectivity index (χ1v) is 33.8. The van der Waals surface area contributed by atoms with Crippen molar-refractivity contribution in [1.29, 1.82) is 0 Å². The first kappa shape index (κ1) is 62.2. The van der Waals surface area contributed by atoms with Gasteiger partial charge in [-0.25, -0.2) is 0 Å². The molecule has 0 saturated heterocycles. The maximum absolute atomic E-state index is 13.3. The van der Waals surface area contributed by atoms with Gasteiger partial charge in [0.1, 0.15) is 69.0 Å². The summed E-state index contributed by atoms with van der Waals surface area (Å²) in [5, 5.41) is 97.4. The molecule has 4 unspecified atom stereocenters. The third-order valence-corrected chi connectivity index (χ3v) is 21.1. The Kier molecular flexibility index (Phi) is 17.9. The van der Waals surface area contributed by atoms with Crippen LogP contribution in [0.5, 0.6) is 69.0 Å². The van der Waals surface area contributed by atoms with E-state index in [9.17, 15) is 40.9 Å². The lowest BCUT2D eigenvalue weighted by Crippen LogP contribution is -2.25. The number of ether oxygens (including phenoxy) is 4. The van der Waals surface area contributed by atoms with Gasteiger partial charge in [-0.05, 0) is 221 Å². The number of phenols is 8. The Morgan fingerprint density at radius 3 is 0.576 bits per heavy atom. The predicted octanol–water partition coefficient (Wildman–Crippen LogP) is 18.2. The monoisotopic (exact) mass is 1240 g/mol. The second-order valence-electron chi connectivity index (χ2n) is 27.9. The van der Waals surface area contributed by atoms with E-state index in [1.54, 1.807) is 72.8 Å². The smallest absolute Gasteiger partial charge is 0.127 e. The van der Waals surface area contributed by atoms with Crippen LogP contribution < -0.4 is 18.9 Å². The minimum Gasteiger partial charge on any atom is -0.508 e. The molecule has 4 atom stereocenters. The standard InChI is InChI=1S/C80H88O12/c1-45-5-29-57(30-6-45)89-73-41-69(85)61-37-65(73)77(49-13-21-53(81)22-14-49)62-38-66(74(42-70(62)86)90-58-31-7-46(2)8-32-58)79(51-17-25-55(83)26-18-51)64-40-68(76(44-72(64)88)92-60-35-11-48(4)12-36-60)80(52-19-27-56(84)28-20-52)63-39-67(78(61)50-15-23-54(82)24-16-50)75(43-71(63)87)91-59-33-9-47(3)10-34-59/h13-28,37-48,57-60,77-88H,5-12,29-36H2,1-4H3. The molecule has 8 aromatic rings. The molecule has 0 radical (unpaired) electrons. The molecular formula is C80H88O12. The van der Waals surface area contributed by atoms with Crippen LogP contribution in [0.25, 0.3) is 0 Å². The average molecular weight is 1240 g/mol. The summed E-state index contributed by atoms with van der Waals surface area (Å²) >= 11 is 0.